The van der Waals surface area contributed by atoms with E-state index in [-0.39, 0.29) is 22.7 Å². The number of nitro benzene ring substituents is 1. The monoisotopic (exact) mass is 365 g/mol. The van der Waals surface area contributed by atoms with Gasteiger partial charge < -0.3 is 9.15 Å². The fraction of sp³-hybridized carbons (Fsp3) is 0.0588. The summed E-state index contributed by atoms with van der Waals surface area (Å²) in [6, 6.07) is 11.6. The molecule has 4 rings (SSSR count). The van der Waals surface area contributed by atoms with Crippen LogP contribution in [0, 0.1) is 10.1 Å². The Hall–Kier alpha value is -4.08. The van der Waals surface area contributed by atoms with Crippen LogP contribution in [-0.2, 0) is 0 Å². The predicted molar refractivity (Wildman–Crippen MR) is 94.3 cm³/mol. The van der Waals surface area contributed by atoms with Gasteiger partial charge in [0.2, 0.25) is 11.4 Å². The van der Waals surface area contributed by atoms with Crippen LogP contribution in [-0.4, -0.2) is 32.7 Å². The number of aromatic amines is 1. The van der Waals surface area contributed by atoms with Crippen molar-refractivity contribution in [2.75, 3.05) is 7.11 Å². The van der Waals surface area contributed by atoms with E-state index in [1.165, 1.54) is 19.2 Å². The van der Waals surface area contributed by atoms with Gasteiger partial charge in [0.05, 0.1) is 12.0 Å². The normalized spacial score (nSPS) is 10.9. The lowest BCUT2D eigenvalue weighted by atomic mass is 10.0. The topological polar surface area (TPSA) is 137 Å². The summed E-state index contributed by atoms with van der Waals surface area (Å²) in [5, 5.41) is 25.1. The molecule has 0 fully saturated rings. The lowest BCUT2D eigenvalue weighted by Gasteiger charge is -2.07. The van der Waals surface area contributed by atoms with Gasteiger partial charge in [0, 0.05) is 11.5 Å². The molecule has 0 spiro atoms. The SMILES string of the molecule is COc1cccc(-c2cc([N+](=O)[O-])c3oc(=O)c(-c4nn[nH]n4)cc3c2)c1. The average molecular weight is 365 g/mol. The first-order chi connectivity index (χ1) is 13.1. The number of hydrogen-bond acceptors (Lipinski definition) is 8. The van der Waals surface area contributed by atoms with E-state index in [2.05, 4.69) is 20.6 Å². The number of benzene rings is 2. The molecule has 10 heteroatoms. The quantitative estimate of drug-likeness (QED) is 0.331. The number of nitrogens with one attached hydrogen (secondary N) is 1. The standard InChI is InChI=1S/C17H11N5O5/c1-26-12-4-2-3-9(6-12)10-5-11-7-13(16-18-20-21-19-16)17(23)27-15(11)14(8-10)22(24)25/h2-8H,1H3,(H,18,19,20,21). The molecule has 0 saturated heterocycles. The van der Waals surface area contributed by atoms with E-state index in [0.717, 1.165) is 0 Å². The maximum absolute atomic E-state index is 12.2. The van der Waals surface area contributed by atoms with Crippen LogP contribution in [0.2, 0.25) is 0 Å². The second-order valence-corrected chi connectivity index (χ2v) is 5.59. The molecule has 0 aliphatic carbocycles. The van der Waals surface area contributed by atoms with Crippen molar-refractivity contribution >= 4 is 16.7 Å². The number of fused-ring (bicyclic) bond motifs is 1. The van der Waals surface area contributed by atoms with Crippen molar-refractivity contribution in [3.05, 3.63) is 63.0 Å². The summed E-state index contributed by atoms with van der Waals surface area (Å²) in [7, 11) is 1.54. The molecule has 4 aromatic rings. The van der Waals surface area contributed by atoms with Crippen LogP contribution in [0.15, 0.2) is 51.7 Å². The highest BCUT2D eigenvalue weighted by atomic mass is 16.6. The highest BCUT2D eigenvalue weighted by Crippen LogP contribution is 2.34. The third-order valence-electron chi connectivity index (χ3n) is 4.00. The summed E-state index contributed by atoms with van der Waals surface area (Å²) < 4.78 is 10.4. The zero-order chi connectivity index (χ0) is 19.0. The van der Waals surface area contributed by atoms with Crippen LogP contribution in [0.25, 0.3) is 33.5 Å². The van der Waals surface area contributed by atoms with Crippen LogP contribution >= 0.6 is 0 Å². The number of nitrogens with zero attached hydrogens (tertiary/aromatic N) is 4. The maximum Gasteiger partial charge on any atom is 0.347 e. The fourth-order valence-corrected chi connectivity index (χ4v) is 2.75. The molecule has 10 nitrogen and oxygen atoms in total. The van der Waals surface area contributed by atoms with Crippen molar-refractivity contribution in [3.8, 4) is 28.3 Å². The molecule has 0 atom stereocenters. The second-order valence-electron chi connectivity index (χ2n) is 5.59. The van der Waals surface area contributed by atoms with Crippen LogP contribution in [0.3, 0.4) is 0 Å². The molecule has 0 amide bonds. The highest BCUT2D eigenvalue weighted by Gasteiger charge is 2.21. The molecular weight excluding hydrogens is 354 g/mol. The molecule has 0 aliphatic heterocycles. The van der Waals surface area contributed by atoms with E-state index in [4.69, 9.17) is 9.15 Å². The minimum absolute atomic E-state index is 0.0417. The van der Waals surface area contributed by atoms with Crippen LogP contribution < -0.4 is 10.4 Å². The van der Waals surface area contributed by atoms with Gasteiger partial charge in [-0.15, -0.1) is 10.2 Å². The Kier molecular flexibility index (Phi) is 3.84. The van der Waals surface area contributed by atoms with E-state index >= 15 is 0 Å². The van der Waals surface area contributed by atoms with Crippen molar-refractivity contribution < 1.29 is 14.1 Å². The number of aromatic nitrogens is 4. The molecular formula is C17H11N5O5. The summed E-state index contributed by atoms with van der Waals surface area (Å²) in [5.41, 5.74) is 0.105. The van der Waals surface area contributed by atoms with E-state index in [1.54, 1.807) is 30.3 Å². The number of methoxy groups -OCH3 is 1. The molecule has 2 aromatic heterocycles. The Morgan fingerprint density at radius 2 is 2.04 bits per heavy atom. The smallest absolute Gasteiger partial charge is 0.347 e. The Labute approximate surface area is 150 Å². The predicted octanol–water partition coefficient (Wildman–Crippen LogP) is 2.56. The molecule has 2 heterocycles. The minimum Gasteiger partial charge on any atom is -0.497 e. The summed E-state index contributed by atoms with van der Waals surface area (Å²) >= 11 is 0. The lowest BCUT2D eigenvalue weighted by Crippen LogP contribution is -2.05. The fourth-order valence-electron chi connectivity index (χ4n) is 2.75. The van der Waals surface area contributed by atoms with Gasteiger partial charge in [0.1, 0.15) is 11.3 Å². The second kappa shape index (κ2) is 6.33. The number of hydrogen-bond donors (Lipinski definition) is 1. The maximum atomic E-state index is 12.2. The molecule has 0 aliphatic rings. The zero-order valence-electron chi connectivity index (χ0n) is 13.9. The van der Waals surface area contributed by atoms with Gasteiger partial charge in [0.25, 0.3) is 0 Å². The summed E-state index contributed by atoms with van der Waals surface area (Å²) in [5.74, 6) is 0.655. The summed E-state index contributed by atoms with van der Waals surface area (Å²) in [6.07, 6.45) is 0. The Bertz CT molecular complexity index is 1220. The van der Waals surface area contributed by atoms with Gasteiger partial charge in [-0.25, -0.2) is 4.79 Å². The first kappa shape index (κ1) is 16.4. The first-order valence-corrected chi connectivity index (χ1v) is 7.71. The largest absolute Gasteiger partial charge is 0.497 e. The van der Waals surface area contributed by atoms with Crippen LogP contribution in [0.5, 0.6) is 5.75 Å². The first-order valence-electron chi connectivity index (χ1n) is 7.71. The molecule has 0 bridgehead atoms. The van der Waals surface area contributed by atoms with E-state index in [9.17, 15) is 14.9 Å². The van der Waals surface area contributed by atoms with Crippen LogP contribution in [0.1, 0.15) is 0 Å². The zero-order valence-corrected chi connectivity index (χ0v) is 13.9. The molecule has 0 radical (unpaired) electrons. The van der Waals surface area contributed by atoms with E-state index in [0.29, 0.717) is 22.3 Å². The number of tetrazole rings is 1. The molecule has 2 aromatic carbocycles. The number of non-ortho nitro benzene ring substituents is 1. The van der Waals surface area contributed by atoms with Gasteiger partial charge in [0.15, 0.2) is 0 Å². The van der Waals surface area contributed by atoms with Crippen LogP contribution in [0.4, 0.5) is 5.69 Å². The molecule has 0 saturated carbocycles. The van der Waals surface area contributed by atoms with Crippen molar-refractivity contribution in [3.63, 3.8) is 0 Å². The Balaban J connectivity index is 2.00. The summed E-state index contributed by atoms with van der Waals surface area (Å²) in [6.45, 7) is 0. The Morgan fingerprint density at radius 3 is 2.74 bits per heavy atom. The molecule has 0 unspecified atom stereocenters. The van der Waals surface area contributed by atoms with Gasteiger partial charge >= 0.3 is 11.3 Å². The number of ether oxygens (including phenoxy) is 1. The molecule has 134 valence electrons. The minimum atomic E-state index is -0.791. The molecule has 27 heavy (non-hydrogen) atoms. The van der Waals surface area contributed by atoms with Crippen molar-refractivity contribution in [1.29, 1.82) is 0 Å². The third kappa shape index (κ3) is 2.88. The number of rotatable bonds is 4. The van der Waals surface area contributed by atoms with E-state index < -0.39 is 10.5 Å². The van der Waals surface area contributed by atoms with Gasteiger partial charge in [-0.2, -0.15) is 5.21 Å². The molecule has 1 N–H and O–H groups in total. The van der Waals surface area contributed by atoms with Crippen molar-refractivity contribution in [2.45, 2.75) is 0 Å². The van der Waals surface area contributed by atoms with E-state index in [1.807, 2.05) is 0 Å². The Morgan fingerprint density at radius 1 is 1.19 bits per heavy atom. The lowest BCUT2D eigenvalue weighted by molar-refractivity contribution is -0.383. The van der Waals surface area contributed by atoms with Crippen molar-refractivity contribution in [1.82, 2.24) is 20.6 Å². The van der Waals surface area contributed by atoms with Gasteiger partial charge in [-0.3, -0.25) is 10.1 Å². The summed E-state index contributed by atoms with van der Waals surface area (Å²) in [4.78, 5) is 23.1. The number of nitro groups is 1. The van der Waals surface area contributed by atoms with Gasteiger partial charge in [-0.05, 0) is 40.6 Å². The van der Waals surface area contributed by atoms with Gasteiger partial charge in [-0.1, -0.05) is 12.1 Å². The number of H-pyrrole nitrogens is 1. The highest BCUT2D eigenvalue weighted by molar-refractivity contribution is 5.92. The third-order valence-corrected chi connectivity index (χ3v) is 4.00. The average Bonchev–Trinajstić information content (AvgIpc) is 3.21. The van der Waals surface area contributed by atoms with Crippen molar-refractivity contribution in [2.24, 2.45) is 0 Å².